The summed E-state index contributed by atoms with van der Waals surface area (Å²) in [5.41, 5.74) is 3.47. The van der Waals surface area contributed by atoms with Gasteiger partial charge in [0.05, 0.1) is 29.1 Å². The molecule has 30 heavy (non-hydrogen) atoms. The van der Waals surface area contributed by atoms with Gasteiger partial charge in [-0.25, -0.2) is 4.79 Å². The van der Waals surface area contributed by atoms with E-state index in [4.69, 9.17) is 9.72 Å². The van der Waals surface area contributed by atoms with Crippen LogP contribution in [-0.4, -0.2) is 42.9 Å². The number of hydrogen-bond donors (Lipinski definition) is 1. The van der Waals surface area contributed by atoms with E-state index in [0.29, 0.717) is 27.9 Å². The van der Waals surface area contributed by atoms with Crippen molar-refractivity contribution in [3.63, 3.8) is 0 Å². The lowest BCUT2D eigenvalue weighted by Gasteiger charge is -2.13. The van der Waals surface area contributed by atoms with Crippen LogP contribution in [0.1, 0.15) is 28.5 Å². The monoisotopic (exact) mass is 421 g/mol. The number of phenolic OH excluding ortho intramolecular Hbond substituents is 1. The van der Waals surface area contributed by atoms with Crippen molar-refractivity contribution >= 4 is 28.6 Å². The number of para-hydroxylation sites is 1. The van der Waals surface area contributed by atoms with Crippen molar-refractivity contribution in [2.75, 3.05) is 6.61 Å². The second-order valence-electron chi connectivity index (χ2n) is 6.47. The molecule has 1 N–H and O–H groups in total. The largest absolute Gasteiger partial charge is 0.508 e. The summed E-state index contributed by atoms with van der Waals surface area (Å²) in [4.78, 5) is 17.4. The number of tetrazole rings is 1. The Bertz CT molecular complexity index is 1210. The van der Waals surface area contributed by atoms with Gasteiger partial charge in [-0.05, 0) is 60.2 Å². The van der Waals surface area contributed by atoms with Gasteiger partial charge in [-0.2, -0.15) is 4.68 Å². The summed E-state index contributed by atoms with van der Waals surface area (Å²) in [6.07, 6.45) is 0. The van der Waals surface area contributed by atoms with Crippen LogP contribution < -0.4 is 0 Å². The quantitative estimate of drug-likeness (QED) is 0.371. The molecule has 0 aliphatic rings. The Hall–Kier alpha value is -3.46. The van der Waals surface area contributed by atoms with Crippen LogP contribution in [0.3, 0.4) is 0 Å². The van der Waals surface area contributed by atoms with Gasteiger partial charge < -0.3 is 9.84 Å². The molecular weight excluding hydrogens is 402 g/mol. The number of phenols is 1. The van der Waals surface area contributed by atoms with Crippen molar-refractivity contribution < 1.29 is 14.6 Å². The van der Waals surface area contributed by atoms with E-state index < -0.39 is 0 Å². The van der Waals surface area contributed by atoms with Gasteiger partial charge >= 0.3 is 5.97 Å². The van der Waals surface area contributed by atoms with Crippen LogP contribution in [0.25, 0.3) is 16.6 Å². The van der Waals surface area contributed by atoms with Crippen LogP contribution in [0, 0.1) is 6.92 Å². The van der Waals surface area contributed by atoms with Crippen LogP contribution in [0.15, 0.2) is 53.7 Å². The first-order valence-corrected chi connectivity index (χ1v) is 10.3. The van der Waals surface area contributed by atoms with Gasteiger partial charge in [0.15, 0.2) is 0 Å². The van der Waals surface area contributed by atoms with Crippen molar-refractivity contribution in [2.24, 2.45) is 0 Å². The van der Waals surface area contributed by atoms with Gasteiger partial charge in [0.2, 0.25) is 5.16 Å². The molecule has 0 radical (unpaired) electrons. The van der Waals surface area contributed by atoms with Crippen molar-refractivity contribution in [1.82, 2.24) is 25.2 Å². The molecule has 0 saturated heterocycles. The minimum atomic E-state index is -0.387. The van der Waals surface area contributed by atoms with Crippen molar-refractivity contribution in [1.29, 1.82) is 0 Å². The molecule has 8 nitrogen and oxygen atoms in total. The standard InChI is InChI=1S/C21H19N5O3S/c1-3-29-20(28)19-13(2)16-6-4-5-7-17(16)22-18(19)12-30-21-23-24-25-26(21)14-8-10-15(27)11-9-14/h4-11,27H,3,12H2,1-2H3. The van der Waals surface area contributed by atoms with E-state index in [1.165, 1.54) is 11.8 Å². The van der Waals surface area contributed by atoms with Gasteiger partial charge in [-0.1, -0.05) is 30.0 Å². The molecular formula is C21H19N5O3S. The molecule has 152 valence electrons. The number of ether oxygens (including phenoxy) is 1. The highest BCUT2D eigenvalue weighted by molar-refractivity contribution is 7.98. The minimum absolute atomic E-state index is 0.163. The lowest BCUT2D eigenvalue weighted by molar-refractivity contribution is 0.0524. The molecule has 0 saturated carbocycles. The zero-order chi connectivity index (χ0) is 21.1. The Kier molecular flexibility index (Phi) is 5.62. The normalized spacial score (nSPS) is 11.0. The van der Waals surface area contributed by atoms with Crippen molar-refractivity contribution in [3.8, 4) is 11.4 Å². The van der Waals surface area contributed by atoms with Crippen LogP contribution in [0.5, 0.6) is 5.75 Å². The van der Waals surface area contributed by atoms with E-state index in [-0.39, 0.29) is 18.3 Å². The summed E-state index contributed by atoms with van der Waals surface area (Å²) in [6, 6.07) is 14.3. The average Bonchev–Trinajstić information content (AvgIpc) is 3.21. The van der Waals surface area contributed by atoms with Crippen LogP contribution in [0.2, 0.25) is 0 Å². The van der Waals surface area contributed by atoms with Crippen molar-refractivity contribution in [2.45, 2.75) is 24.8 Å². The molecule has 0 atom stereocenters. The number of aromatic nitrogens is 5. The fourth-order valence-electron chi connectivity index (χ4n) is 3.18. The number of nitrogens with zero attached hydrogens (tertiary/aromatic N) is 5. The summed E-state index contributed by atoms with van der Waals surface area (Å²) in [7, 11) is 0. The van der Waals surface area contributed by atoms with E-state index in [1.807, 2.05) is 31.2 Å². The topological polar surface area (TPSA) is 103 Å². The first-order valence-electron chi connectivity index (χ1n) is 9.34. The van der Waals surface area contributed by atoms with Crippen molar-refractivity contribution in [3.05, 3.63) is 65.4 Å². The minimum Gasteiger partial charge on any atom is -0.508 e. The molecule has 0 spiro atoms. The van der Waals surface area contributed by atoms with E-state index >= 15 is 0 Å². The molecule has 4 aromatic rings. The lowest BCUT2D eigenvalue weighted by atomic mass is 10.0. The SMILES string of the molecule is CCOC(=O)c1c(CSc2nnnn2-c2ccc(O)cc2)nc2ccccc2c1C. The number of carbonyl (C=O) groups is 1. The predicted octanol–water partition coefficient (Wildman–Crippen LogP) is 3.69. The third kappa shape index (κ3) is 3.84. The second-order valence-corrected chi connectivity index (χ2v) is 7.42. The summed E-state index contributed by atoms with van der Waals surface area (Å²) >= 11 is 1.37. The summed E-state index contributed by atoms with van der Waals surface area (Å²) in [5.74, 6) is 0.163. The molecule has 2 aromatic carbocycles. The van der Waals surface area contributed by atoms with Gasteiger partial charge in [0.25, 0.3) is 0 Å². The Morgan fingerprint density at radius 2 is 1.93 bits per heavy atom. The molecule has 0 amide bonds. The Balaban J connectivity index is 1.69. The van der Waals surface area contributed by atoms with Crippen LogP contribution >= 0.6 is 11.8 Å². The van der Waals surface area contributed by atoms with E-state index in [0.717, 1.165) is 16.5 Å². The second kappa shape index (κ2) is 8.50. The number of carbonyl (C=O) groups excluding carboxylic acids is 1. The number of esters is 1. The first-order chi connectivity index (χ1) is 14.6. The van der Waals surface area contributed by atoms with Gasteiger partial charge in [0.1, 0.15) is 5.75 Å². The summed E-state index contributed by atoms with van der Waals surface area (Å²) in [5, 5.41) is 22.8. The molecule has 0 aliphatic heterocycles. The molecule has 2 heterocycles. The van der Waals surface area contributed by atoms with E-state index in [1.54, 1.807) is 35.9 Å². The Morgan fingerprint density at radius 3 is 2.70 bits per heavy atom. The fraction of sp³-hybridized carbons (Fsp3) is 0.190. The number of benzene rings is 2. The Labute approximate surface area is 176 Å². The number of thioether (sulfide) groups is 1. The predicted molar refractivity (Wildman–Crippen MR) is 113 cm³/mol. The summed E-state index contributed by atoms with van der Waals surface area (Å²) in [6.45, 7) is 3.98. The highest BCUT2D eigenvalue weighted by Crippen LogP contribution is 2.29. The highest BCUT2D eigenvalue weighted by atomic mass is 32.2. The lowest BCUT2D eigenvalue weighted by Crippen LogP contribution is -2.12. The number of aromatic hydroxyl groups is 1. The maximum Gasteiger partial charge on any atom is 0.340 e. The number of pyridine rings is 1. The molecule has 2 aromatic heterocycles. The molecule has 9 heteroatoms. The van der Waals surface area contributed by atoms with Gasteiger partial charge in [0, 0.05) is 11.1 Å². The number of fused-ring (bicyclic) bond motifs is 1. The van der Waals surface area contributed by atoms with E-state index in [9.17, 15) is 9.90 Å². The third-order valence-corrected chi connectivity index (χ3v) is 5.51. The zero-order valence-corrected chi connectivity index (χ0v) is 17.3. The number of aryl methyl sites for hydroxylation is 1. The number of rotatable bonds is 6. The van der Waals surface area contributed by atoms with Gasteiger partial charge in [-0.15, -0.1) is 5.10 Å². The van der Waals surface area contributed by atoms with Gasteiger partial charge in [-0.3, -0.25) is 4.98 Å². The molecule has 4 rings (SSSR count). The maximum absolute atomic E-state index is 12.7. The van der Waals surface area contributed by atoms with Crippen LogP contribution in [0.4, 0.5) is 0 Å². The fourth-order valence-corrected chi connectivity index (χ4v) is 4.01. The smallest absolute Gasteiger partial charge is 0.340 e. The molecule has 0 unspecified atom stereocenters. The first kappa shape index (κ1) is 19.8. The average molecular weight is 421 g/mol. The molecule has 0 fully saturated rings. The third-order valence-electron chi connectivity index (χ3n) is 4.58. The molecule has 0 bridgehead atoms. The maximum atomic E-state index is 12.7. The van der Waals surface area contributed by atoms with E-state index in [2.05, 4.69) is 15.5 Å². The summed E-state index contributed by atoms with van der Waals surface area (Å²) < 4.78 is 6.85. The zero-order valence-electron chi connectivity index (χ0n) is 16.4. The Morgan fingerprint density at radius 1 is 1.17 bits per heavy atom. The molecule has 0 aliphatic carbocycles. The number of hydrogen-bond acceptors (Lipinski definition) is 8. The van der Waals surface area contributed by atoms with Crippen LogP contribution in [-0.2, 0) is 10.5 Å². The highest BCUT2D eigenvalue weighted by Gasteiger charge is 2.21.